The zero-order chi connectivity index (χ0) is 9.72. The highest BCUT2D eigenvalue weighted by Gasteiger charge is 2.23. The van der Waals surface area contributed by atoms with E-state index in [-0.39, 0.29) is 6.42 Å². The van der Waals surface area contributed by atoms with Crippen molar-refractivity contribution >= 4 is 17.7 Å². The number of hydrogen-bond donors (Lipinski definition) is 3. The van der Waals surface area contributed by atoms with Gasteiger partial charge in [0, 0.05) is 6.42 Å². The van der Waals surface area contributed by atoms with Gasteiger partial charge in [-0.05, 0) is 0 Å². The number of Topliss-reactive ketones (excluding diaryl/α,β-unsaturated/α-hetero) is 1. The molecule has 0 rings (SSSR count). The average molecular weight is 173 g/mol. The minimum atomic E-state index is -1.46. The molecule has 0 aliphatic rings. The third-order valence-corrected chi connectivity index (χ3v) is 1.17. The van der Waals surface area contributed by atoms with E-state index in [0.717, 1.165) is 0 Å². The molecule has 0 spiro atoms. The van der Waals surface area contributed by atoms with Crippen molar-refractivity contribution in [1.29, 1.82) is 0 Å². The number of carbonyl (C=O) groups excluding carboxylic acids is 1. The van der Waals surface area contributed by atoms with E-state index in [9.17, 15) is 9.59 Å². The van der Waals surface area contributed by atoms with Gasteiger partial charge in [0.2, 0.25) is 6.04 Å². The highest BCUT2D eigenvalue weighted by Crippen LogP contribution is 1.96. The number of hydrogen-bond acceptors (Lipinski definition) is 3. The molecule has 0 aliphatic heterocycles. The van der Waals surface area contributed by atoms with Crippen molar-refractivity contribution < 1.29 is 14.7 Å². The maximum Gasteiger partial charge on any atom is 0.336 e. The second kappa shape index (κ2) is 4.32. The van der Waals surface area contributed by atoms with Gasteiger partial charge in [0.25, 0.3) is 0 Å². The van der Waals surface area contributed by atoms with Gasteiger partial charge < -0.3 is 16.6 Å². The first-order valence-corrected chi connectivity index (χ1v) is 3.33. The van der Waals surface area contributed by atoms with Crippen LogP contribution in [0.5, 0.6) is 0 Å². The number of nitrogens with two attached hydrogens (primary N) is 2. The molecule has 0 aliphatic carbocycles. The van der Waals surface area contributed by atoms with Crippen LogP contribution in [0.1, 0.15) is 13.3 Å². The Labute approximate surface area is 69.3 Å². The Morgan fingerprint density at radius 1 is 1.50 bits per heavy atom. The Hall–Kier alpha value is -1.59. The molecule has 6 nitrogen and oxygen atoms in total. The van der Waals surface area contributed by atoms with E-state index < -0.39 is 23.8 Å². The maximum absolute atomic E-state index is 10.9. The van der Waals surface area contributed by atoms with Crippen molar-refractivity contribution in [1.82, 2.24) is 0 Å². The Morgan fingerprint density at radius 3 is 2.25 bits per heavy atom. The van der Waals surface area contributed by atoms with Crippen LogP contribution in [-0.4, -0.2) is 28.9 Å². The van der Waals surface area contributed by atoms with Gasteiger partial charge in [0.15, 0.2) is 11.7 Å². The van der Waals surface area contributed by atoms with Crippen LogP contribution in [0.4, 0.5) is 0 Å². The predicted octanol–water partition coefficient (Wildman–Crippen LogP) is -1.31. The lowest BCUT2D eigenvalue weighted by Gasteiger charge is -2.03. The van der Waals surface area contributed by atoms with Gasteiger partial charge in [-0.3, -0.25) is 4.79 Å². The molecule has 0 fully saturated rings. The molecule has 0 aromatic carbocycles. The first-order valence-electron chi connectivity index (χ1n) is 3.33. The lowest BCUT2D eigenvalue weighted by Crippen LogP contribution is -2.33. The van der Waals surface area contributed by atoms with Crippen LogP contribution in [-0.2, 0) is 9.59 Å². The topological polar surface area (TPSA) is 119 Å². The zero-order valence-corrected chi connectivity index (χ0v) is 6.65. The van der Waals surface area contributed by atoms with Crippen molar-refractivity contribution in [2.45, 2.75) is 19.4 Å². The molecule has 0 saturated heterocycles. The van der Waals surface area contributed by atoms with E-state index in [1.54, 1.807) is 6.92 Å². The van der Waals surface area contributed by atoms with Crippen LogP contribution in [0, 0.1) is 0 Å². The van der Waals surface area contributed by atoms with Gasteiger partial charge in [0.05, 0.1) is 0 Å². The van der Waals surface area contributed by atoms with E-state index in [2.05, 4.69) is 4.99 Å². The van der Waals surface area contributed by atoms with Crippen LogP contribution in [0.3, 0.4) is 0 Å². The molecule has 0 aromatic rings. The van der Waals surface area contributed by atoms with Crippen LogP contribution in [0.25, 0.3) is 0 Å². The summed E-state index contributed by atoms with van der Waals surface area (Å²) in [7, 11) is 0. The summed E-state index contributed by atoms with van der Waals surface area (Å²) in [5, 5.41) is 8.48. The summed E-state index contributed by atoms with van der Waals surface area (Å²) in [5.41, 5.74) is 9.87. The number of guanidine groups is 1. The number of carboxylic acids is 1. The number of aliphatic imine (C=N–C) groups is 1. The number of rotatable bonds is 4. The van der Waals surface area contributed by atoms with Crippen molar-refractivity contribution in [2.24, 2.45) is 16.5 Å². The highest BCUT2D eigenvalue weighted by atomic mass is 16.4. The SMILES string of the molecule is CCC(=O)C(N=C(N)N)C(=O)O. The monoisotopic (exact) mass is 173 g/mol. The van der Waals surface area contributed by atoms with Crippen molar-refractivity contribution in [3.8, 4) is 0 Å². The van der Waals surface area contributed by atoms with Gasteiger partial charge >= 0.3 is 5.97 Å². The molecule has 5 N–H and O–H groups in total. The standard InChI is InChI=1S/C6H11N3O3/c1-2-3(10)4(5(11)12)9-6(7)8/h4H,2H2,1H3,(H,11,12)(H4,7,8,9). The lowest BCUT2D eigenvalue weighted by molar-refractivity contribution is -0.142. The molecule has 0 saturated carbocycles. The molecule has 0 amide bonds. The Bertz CT molecular complexity index is 220. The summed E-state index contributed by atoms with van der Waals surface area (Å²) in [4.78, 5) is 24.6. The van der Waals surface area contributed by atoms with Crippen molar-refractivity contribution in [3.63, 3.8) is 0 Å². The molecule has 68 valence electrons. The Kier molecular flexibility index (Phi) is 3.75. The van der Waals surface area contributed by atoms with Gasteiger partial charge in [0.1, 0.15) is 0 Å². The molecular formula is C6H11N3O3. The summed E-state index contributed by atoms with van der Waals surface area (Å²) in [6.45, 7) is 1.54. The molecule has 1 atom stereocenters. The first-order chi connectivity index (χ1) is 5.49. The minimum absolute atomic E-state index is 0.0910. The lowest BCUT2D eigenvalue weighted by atomic mass is 10.1. The number of nitrogens with zero attached hydrogens (tertiary/aromatic N) is 1. The fraction of sp³-hybridized carbons (Fsp3) is 0.500. The largest absolute Gasteiger partial charge is 0.479 e. The maximum atomic E-state index is 10.9. The molecule has 0 aromatic heterocycles. The second-order valence-electron chi connectivity index (χ2n) is 2.11. The third kappa shape index (κ3) is 3.00. The number of aliphatic carboxylic acids is 1. The van der Waals surface area contributed by atoms with E-state index in [0.29, 0.717) is 0 Å². The molecule has 0 heterocycles. The molecule has 0 bridgehead atoms. The quantitative estimate of drug-likeness (QED) is 0.277. The van der Waals surface area contributed by atoms with Crippen LogP contribution >= 0.6 is 0 Å². The van der Waals surface area contributed by atoms with E-state index in [4.69, 9.17) is 16.6 Å². The number of carboxylic acid groups (broad SMARTS) is 1. The number of ketones is 1. The van der Waals surface area contributed by atoms with Crippen LogP contribution < -0.4 is 11.5 Å². The van der Waals surface area contributed by atoms with Gasteiger partial charge in [-0.1, -0.05) is 6.92 Å². The summed E-state index contributed by atoms with van der Waals surface area (Å²) in [6, 6.07) is -1.46. The van der Waals surface area contributed by atoms with Gasteiger partial charge in [-0.25, -0.2) is 9.79 Å². The summed E-state index contributed by atoms with van der Waals surface area (Å²) in [5.74, 6) is -2.25. The second-order valence-corrected chi connectivity index (χ2v) is 2.11. The zero-order valence-electron chi connectivity index (χ0n) is 6.65. The van der Waals surface area contributed by atoms with Crippen LogP contribution in [0.15, 0.2) is 4.99 Å². The highest BCUT2D eigenvalue weighted by molar-refractivity contribution is 6.04. The fourth-order valence-corrected chi connectivity index (χ4v) is 0.607. The minimum Gasteiger partial charge on any atom is -0.479 e. The van der Waals surface area contributed by atoms with Gasteiger partial charge in [-0.2, -0.15) is 0 Å². The molecule has 1 unspecified atom stereocenters. The third-order valence-electron chi connectivity index (χ3n) is 1.17. The fourth-order valence-electron chi connectivity index (χ4n) is 0.607. The first kappa shape index (κ1) is 10.4. The van der Waals surface area contributed by atoms with Gasteiger partial charge in [-0.15, -0.1) is 0 Å². The number of carbonyl (C=O) groups is 2. The molecule has 12 heavy (non-hydrogen) atoms. The summed E-state index contributed by atoms with van der Waals surface area (Å²) in [6.07, 6.45) is 0.0910. The summed E-state index contributed by atoms with van der Waals surface area (Å²) < 4.78 is 0. The Balaban J connectivity index is 4.56. The van der Waals surface area contributed by atoms with E-state index in [1.807, 2.05) is 0 Å². The molecule has 6 heteroatoms. The van der Waals surface area contributed by atoms with Crippen molar-refractivity contribution in [3.05, 3.63) is 0 Å². The average Bonchev–Trinajstić information content (AvgIpc) is 1.98. The van der Waals surface area contributed by atoms with Crippen LogP contribution in [0.2, 0.25) is 0 Å². The molecule has 0 radical (unpaired) electrons. The predicted molar refractivity (Wildman–Crippen MR) is 42.5 cm³/mol. The Morgan fingerprint density at radius 2 is 2.00 bits per heavy atom. The normalized spacial score (nSPS) is 11.8. The summed E-state index contributed by atoms with van der Waals surface area (Å²) >= 11 is 0. The van der Waals surface area contributed by atoms with Crippen molar-refractivity contribution in [2.75, 3.05) is 0 Å². The molecular weight excluding hydrogens is 162 g/mol. The smallest absolute Gasteiger partial charge is 0.336 e. The van der Waals surface area contributed by atoms with E-state index in [1.165, 1.54) is 0 Å². The van der Waals surface area contributed by atoms with E-state index >= 15 is 0 Å².